The molecule has 1 amide bonds. The fraction of sp³-hybridized carbons (Fsp3) is 0.130. The quantitative estimate of drug-likeness (QED) is 0.394. The van der Waals surface area contributed by atoms with Crippen molar-refractivity contribution in [2.45, 2.75) is 13.8 Å². The van der Waals surface area contributed by atoms with Crippen molar-refractivity contribution in [3.8, 4) is 17.5 Å². The summed E-state index contributed by atoms with van der Waals surface area (Å²) in [5.41, 5.74) is 3.72. The van der Waals surface area contributed by atoms with Crippen molar-refractivity contribution in [1.82, 2.24) is 4.57 Å². The number of nitriles is 1. The van der Waals surface area contributed by atoms with E-state index in [1.54, 1.807) is 55.7 Å². The van der Waals surface area contributed by atoms with Gasteiger partial charge in [-0.05, 0) is 61.9 Å². The third-order valence-corrected chi connectivity index (χ3v) is 5.17. The van der Waals surface area contributed by atoms with Crippen LogP contribution in [0.2, 0.25) is 10.0 Å². The number of nitrogens with zero attached hydrogens (tertiary/aromatic N) is 2. The standard InChI is InChI=1S/C23H19Cl2N3O2/c1-14-9-16(15(2)28(14)22-11-18(24)7-8-21(22)25)10-17(13-26)23(29)27-19-5-4-6-20(12-19)30-3/h4-12H,1-3H3,(H,27,29)/b17-10-. The topological polar surface area (TPSA) is 67.0 Å². The van der Waals surface area contributed by atoms with Gasteiger partial charge in [-0.2, -0.15) is 5.26 Å². The fourth-order valence-corrected chi connectivity index (χ4v) is 3.53. The van der Waals surface area contributed by atoms with E-state index in [1.165, 1.54) is 0 Å². The van der Waals surface area contributed by atoms with Gasteiger partial charge >= 0.3 is 0 Å². The van der Waals surface area contributed by atoms with Crippen LogP contribution in [0.25, 0.3) is 11.8 Å². The summed E-state index contributed by atoms with van der Waals surface area (Å²) in [4.78, 5) is 12.6. The van der Waals surface area contributed by atoms with Crippen molar-refractivity contribution in [2.75, 3.05) is 12.4 Å². The number of amides is 1. The summed E-state index contributed by atoms with van der Waals surface area (Å²) in [7, 11) is 1.55. The second kappa shape index (κ2) is 9.08. The molecule has 0 radical (unpaired) electrons. The Morgan fingerprint density at radius 1 is 1.17 bits per heavy atom. The van der Waals surface area contributed by atoms with Crippen LogP contribution >= 0.6 is 23.2 Å². The molecule has 0 aliphatic carbocycles. The van der Waals surface area contributed by atoms with Gasteiger partial charge in [0.25, 0.3) is 5.91 Å². The monoisotopic (exact) mass is 439 g/mol. The summed E-state index contributed by atoms with van der Waals surface area (Å²) in [5, 5.41) is 13.4. The number of rotatable bonds is 5. The zero-order valence-corrected chi connectivity index (χ0v) is 18.2. The Balaban J connectivity index is 1.95. The molecule has 0 unspecified atom stereocenters. The Kier molecular flexibility index (Phi) is 6.51. The number of methoxy groups -OCH3 is 1. The summed E-state index contributed by atoms with van der Waals surface area (Å²) in [5.74, 6) is 0.105. The van der Waals surface area contributed by atoms with E-state index in [2.05, 4.69) is 5.32 Å². The van der Waals surface area contributed by atoms with Gasteiger partial charge in [0.1, 0.15) is 17.4 Å². The first-order valence-electron chi connectivity index (χ1n) is 9.05. The van der Waals surface area contributed by atoms with Crippen LogP contribution in [0.1, 0.15) is 17.0 Å². The van der Waals surface area contributed by atoms with E-state index in [0.29, 0.717) is 21.5 Å². The van der Waals surface area contributed by atoms with Crippen molar-refractivity contribution < 1.29 is 9.53 Å². The number of ether oxygens (including phenoxy) is 1. The van der Waals surface area contributed by atoms with Gasteiger partial charge in [0.2, 0.25) is 0 Å². The van der Waals surface area contributed by atoms with Crippen molar-refractivity contribution in [3.63, 3.8) is 0 Å². The maximum atomic E-state index is 12.6. The molecule has 5 nitrogen and oxygen atoms in total. The van der Waals surface area contributed by atoms with E-state index in [4.69, 9.17) is 27.9 Å². The van der Waals surface area contributed by atoms with Crippen molar-refractivity contribution in [1.29, 1.82) is 5.26 Å². The maximum Gasteiger partial charge on any atom is 0.266 e. The normalized spacial score (nSPS) is 11.1. The summed E-state index contributed by atoms with van der Waals surface area (Å²) in [6.45, 7) is 3.81. The zero-order chi connectivity index (χ0) is 21.8. The van der Waals surface area contributed by atoms with Gasteiger partial charge < -0.3 is 14.6 Å². The van der Waals surface area contributed by atoms with Gasteiger partial charge in [-0.15, -0.1) is 0 Å². The Morgan fingerprint density at radius 3 is 2.63 bits per heavy atom. The Labute approximate surface area is 185 Å². The molecule has 0 saturated heterocycles. The maximum absolute atomic E-state index is 12.6. The number of nitrogens with one attached hydrogen (secondary N) is 1. The molecule has 0 atom stereocenters. The van der Waals surface area contributed by atoms with Crippen LogP contribution < -0.4 is 10.1 Å². The molecule has 0 aliphatic heterocycles. The molecule has 30 heavy (non-hydrogen) atoms. The molecule has 7 heteroatoms. The Hall–Kier alpha value is -3.20. The molecule has 3 rings (SSSR count). The lowest BCUT2D eigenvalue weighted by Gasteiger charge is -2.12. The van der Waals surface area contributed by atoms with Gasteiger partial charge in [-0.3, -0.25) is 4.79 Å². The van der Waals surface area contributed by atoms with Crippen LogP contribution in [0.4, 0.5) is 5.69 Å². The number of carbonyl (C=O) groups is 1. The van der Waals surface area contributed by atoms with E-state index in [0.717, 1.165) is 22.6 Å². The number of halogens is 2. The molecule has 1 aromatic heterocycles. The fourth-order valence-electron chi connectivity index (χ4n) is 3.16. The highest BCUT2D eigenvalue weighted by Gasteiger charge is 2.16. The van der Waals surface area contributed by atoms with Gasteiger partial charge in [-0.25, -0.2) is 0 Å². The van der Waals surface area contributed by atoms with Crippen LogP contribution in [0.5, 0.6) is 5.75 Å². The van der Waals surface area contributed by atoms with E-state index in [9.17, 15) is 10.1 Å². The smallest absolute Gasteiger partial charge is 0.266 e. The van der Waals surface area contributed by atoms with Gasteiger partial charge in [0.15, 0.2) is 0 Å². The number of hydrogen-bond donors (Lipinski definition) is 1. The predicted octanol–water partition coefficient (Wildman–Crippen LogP) is 5.96. The average Bonchev–Trinajstić information content (AvgIpc) is 3.00. The minimum Gasteiger partial charge on any atom is -0.497 e. The summed E-state index contributed by atoms with van der Waals surface area (Å²) < 4.78 is 7.10. The zero-order valence-electron chi connectivity index (χ0n) is 16.7. The molecule has 0 fully saturated rings. The van der Waals surface area contributed by atoms with Crippen molar-refractivity contribution in [3.05, 3.63) is 81.1 Å². The number of anilines is 1. The highest BCUT2D eigenvalue weighted by molar-refractivity contribution is 6.34. The van der Waals surface area contributed by atoms with Crippen LogP contribution in [0, 0.1) is 25.2 Å². The predicted molar refractivity (Wildman–Crippen MR) is 120 cm³/mol. The van der Waals surface area contributed by atoms with Crippen LogP contribution in [-0.4, -0.2) is 17.6 Å². The second-order valence-electron chi connectivity index (χ2n) is 6.61. The minimum absolute atomic E-state index is 0.0183. The highest BCUT2D eigenvalue weighted by atomic mass is 35.5. The number of aryl methyl sites for hydroxylation is 1. The number of carbonyl (C=O) groups excluding carboxylic acids is 1. The first-order chi connectivity index (χ1) is 14.3. The molecule has 0 bridgehead atoms. The summed E-state index contributed by atoms with van der Waals surface area (Å²) in [6.07, 6.45) is 1.56. The third kappa shape index (κ3) is 4.51. The molecular weight excluding hydrogens is 421 g/mol. The molecule has 0 spiro atoms. The Morgan fingerprint density at radius 2 is 1.93 bits per heavy atom. The molecule has 152 valence electrons. The molecule has 1 N–H and O–H groups in total. The summed E-state index contributed by atoms with van der Waals surface area (Å²) >= 11 is 12.5. The third-order valence-electron chi connectivity index (χ3n) is 4.61. The van der Waals surface area contributed by atoms with E-state index >= 15 is 0 Å². The van der Waals surface area contributed by atoms with E-state index < -0.39 is 5.91 Å². The van der Waals surface area contributed by atoms with Gasteiger partial charge in [-0.1, -0.05) is 29.3 Å². The first-order valence-corrected chi connectivity index (χ1v) is 9.81. The van der Waals surface area contributed by atoms with Gasteiger partial charge in [0.05, 0.1) is 17.8 Å². The number of benzene rings is 2. The molecule has 0 aliphatic rings. The van der Waals surface area contributed by atoms with Crippen LogP contribution in [0.15, 0.2) is 54.1 Å². The van der Waals surface area contributed by atoms with E-state index in [-0.39, 0.29) is 5.57 Å². The van der Waals surface area contributed by atoms with E-state index in [1.807, 2.05) is 30.6 Å². The van der Waals surface area contributed by atoms with Crippen LogP contribution in [0.3, 0.4) is 0 Å². The lowest BCUT2D eigenvalue weighted by Crippen LogP contribution is -2.13. The van der Waals surface area contributed by atoms with Gasteiger partial charge in [0, 0.05) is 28.2 Å². The molecule has 3 aromatic rings. The highest BCUT2D eigenvalue weighted by Crippen LogP contribution is 2.30. The molecular formula is C23H19Cl2N3O2. The second-order valence-corrected chi connectivity index (χ2v) is 7.46. The minimum atomic E-state index is -0.503. The molecule has 0 saturated carbocycles. The lowest BCUT2D eigenvalue weighted by atomic mass is 10.1. The average molecular weight is 440 g/mol. The number of aromatic nitrogens is 1. The van der Waals surface area contributed by atoms with Crippen molar-refractivity contribution >= 4 is 40.9 Å². The largest absolute Gasteiger partial charge is 0.497 e. The molecule has 1 heterocycles. The SMILES string of the molecule is COc1cccc(NC(=O)/C(C#N)=C\c2cc(C)n(-c3cc(Cl)ccc3Cl)c2C)c1. The van der Waals surface area contributed by atoms with Crippen LogP contribution in [-0.2, 0) is 4.79 Å². The van der Waals surface area contributed by atoms with Crippen molar-refractivity contribution in [2.24, 2.45) is 0 Å². The lowest BCUT2D eigenvalue weighted by molar-refractivity contribution is -0.112. The molecule has 2 aromatic carbocycles. The summed E-state index contributed by atoms with van der Waals surface area (Å²) in [6, 6.07) is 16.0. The number of hydrogen-bond acceptors (Lipinski definition) is 3. The Bertz CT molecular complexity index is 1190. The first kappa shape index (κ1) is 21.5.